The number of halogens is 2. The SMILES string of the molecule is O=c1[nH]cnc(-n2cc(Br)cn2)c1Cl. The van der Waals surface area contributed by atoms with E-state index in [1.54, 1.807) is 12.4 Å². The number of rotatable bonds is 1. The molecule has 2 rings (SSSR count). The molecule has 2 aromatic heterocycles. The molecule has 0 bridgehead atoms. The molecule has 5 nitrogen and oxygen atoms in total. The molecule has 0 aliphatic carbocycles. The first-order valence-corrected chi connectivity index (χ1v) is 4.79. The average molecular weight is 275 g/mol. The lowest BCUT2D eigenvalue weighted by Crippen LogP contribution is -2.11. The Morgan fingerprint density at radius 2 is 2.36 bits per heavy atom. The van der Waals surface area contributed by atoms with Crippen molar-refractivity contribution in [2.75, 3.05) is 0 Å². The van der Waals surface area contributed by atoms with Gasteiger partial charge in [-0.3, -0.25) is 4.79 Å². The lowest BCUT2D eigenvalue weighted by atomic mass is 10.5. The fourth-order valence-electron chi connectivity index (χ4n) is 0.950. The fraction of sp³-hybridized carbons (Fsp3) is 0. The largest absolute Gasteiger partial charge is 0.312 e. The molecule has 7 heteroatoms. The number of hydrogen-bond donors (Lipinski definition) is 1. The Labute approximate surface area is 91.9 Å². The van der Waals surface area contributed by atoms with E-state index in [1.807, 2.05) is 0 Å². The van der Waals surface area contributed by atoms with Crippen molar-refractivity contribution in [2.24, 2.45) is 0 Å². The maximum atomic E-state index is 11.1. The van der Waals surface area contributed by atoms with Gasteiger partial charge in [0.15, 0.2) is 10.8 Å². The lowest BCUT2D eigenvalue weighted by molar-refractivity contribution is 0.835. The number of H-pyrrole nitrogens is 1. The number of nitrogens with zero attached hydrogens (tertiary/aromatic N) is 3. The molecule has 0 fully saturated rings. The first kappa shape index (κ1) is 9.42. The van der Waals surface area contributed by atoms with Gasteiger partial charge in [0.25, 0.3) is 5.56 Å². The highest BCUT2D eigenvalue weighted by Gasteiger charge is 2.08. The van der Waals surface area contributed by atoms with Crippen LogP contribution in [-0.4, -0.2) is 19.7 Å². The second kappa shape index (κ2) is 3.55. The van der Waals surface area contributed by atoms with E-state index in [4.69, 9.17) is 11.6 Å². The van der Waals surface area contributed by atoms with E-state index >= 15 is 0 Å². The van der Waals surface area contributed by atoms with Gasteiger partial charge in [0, 0.05) is 6.20 Å². The molecule has 0 aliphatic rings. The van der Waals surface area contributed by atoms with Crippen molar-refractivity contribution in [1.82, 2.24) is 19.7 Å². The van der Waals surface area contributed by atoms with Crippen LogP contribution in [-0.2, 0) is 0 Å². The van der Waals surface area contributed by atoms with Crippen LogP contribution in [0.5, 0.6) is 0 Å². The zero-order chi connectivity index (χ0) is 10.1. The highest BCUT2D eigenvalue weighted by molar-refractivity contribution is 9.10. The van der Waals surface area contributed by atoms with Crippen molar-refractivity contribution in [3.63, 3.8) is 0 Å². The van der Waals surface area contributed by atoms with Crippen molar-refractivity contribution >= 4 is 27.5 Å². The van der Waals surface area contributed by atoms with E-state index in [0.29, 0.717) is 5.82 Å². The first-order chi connectivity index (χ1) is 6.68. The van der Waals surface area contributed by atoms with E-state index in [-0.39, 0.29) is 10.6 Å². The molecule has 14 heavy (non-hydrogen) atoms. The Morgan fingerprint density at radius 1 is 1.57 bits per heavy atom. The summed E-state index contributed by atoms with van der Waals surface area (Å²) in [7, 11) is 0. The molecule has 0 aliphatic heterocycles. The van der Waals surface area contributed by atoms with Gasteiger partial charge < -0.3 is 4.98 Å². The van der Waals surface area contributed by atoms with E-state index in [1.165, 1.54) is 11.0 Å². The van der Waals surface area contributed by atoms with Crippen LogP contribution in [0.3, 0.4) is 0 Å². The monoisotopic (exact) mass is 274 g/mol. The van der Waals surface area contributed by atoms with Crippen LogP contribution in [0.2, 0.25) is 5.02 Å². The van der Waals surface area contributed by atoms with E-state index in [0.717, 1.165) is 4.47 Å². The van der Waals surface area contributed by atoms with Gasteiger partial charge in [-0.15, -0.1) is 0 Å². The minimum Gasteiger partial charge on any atom is -0.312 e. The maximum Gasteiger partial charge on any atom is 0.271 e. The third-order valence-electron chi connectivity index (χ3n) is 1.55. The van der Waals surface area contributed by atoms with Gasteiger partial charge in [0.1, 0.15) is 0 Å². The summed E-state index contributed by atoms with van der Waals surface area (Å²) in [5, 5.41) is 3.97. The van der Waals surface area contributed by atoms with Gasteiger partial charge in [0.2, 0.25) is 0 Å². The van der Waals surface area contributed by atoms with E-state index < -0.39 is 0 Å². The summed E-state index contributed by atoms with van der Waals surface area (Å²) in [6, 6.07) is 0. The van der Waals surface area contributed by atoms with Crippen LogP contribution in [0.15, 0.2) is 28.0 Å². The van der Waals surface area contributed by atoms with Crippen LogP contribution in [0.4, 0.5) is 0 Å². The molecule has 2 aromatic rings. The fourth-order valence-corrected chi connectivity index (χ4v) is 1.43. The molecule has 1 N–H and O–H groups in total. The zero-order valence-electron chi connectivity index (χ0n) is 6.74. The van der Waals surface area contributed by atoms with Crippen LogP contribution < -0.4 is 5.56 Å². The lowest BCUT2D eigenvalue weighted by Gasteiger charge is -1.99. The third kappa shape index (κ3) is 1.58. The van der Waals surface area contributed by atoms with Crippen molar-refractivity contribution < 1.29 is 0 Å². The molecule has 0 amide bonds. The average Bonchev–Trinajstić information content (AvgIpc) is 2.57. The van der Waals surface area contributed by atoms with Gasteiger partial charge in [0.05, 0.1) is 17.0 Å². The Morgan fingerprint density at radius 3 is 3.00 bits per heavy atom. The smallest absolute Gasteiger partial charge is 0.271 e. The molecular weight excluding hydrogens is 271 g/mol. The summed E-state index contributed by atoms with van der Waals surface area (Å²) in [5.41, 5.74) is -0.386. The van der Waals surface area contributed by atoms with Crippen molar-refractivity contribution in [2.45, 2.75) is 0 Å². The molecule has 0 atom stereocenters. The summed E-state index contributed by atoms with van der Waals surface area (Å²) in [6.45, 7) is 0. The predicted molar refractivity (Wildman–Crippen MR) is 54.7 cm³/mol. The Hall–Kier alpha value is -1.14. The summed E-state index contributed by atoms with van der Waals surface area (Å²) in [5.74, 6) is 0.307. The summed E-state index contributed by atoms with van der Waals surface area (Å²) in [6.07, 6.45) is 4.52. The van der Waals surface area contributed by atoms with Crippen LogP contribution in [0, 0.1) is 0 Å². The molecule has 0 aromatic carbocycles. The number of hydrogen-bond acceptors (Lipinski definition) is 3. The van der Waals surface area contributed by atoms with Crippen molar-refractivity contribution in [3.8, 4) is 5.82 Å². The number of nitrogens with one attached hydrogen (secondary N) is 1. The van der Waals surface area contributed by atoms with Crippen LogP contribution in [0.25, 0.3) is 5.82 Å². The Kier molecular flexibility index (Phi) is 2.39. The van der Waals surface area contributed by atoms with Crippen molar-refractivity contribution in [3.05, 3.63) is 38.6 Å². The highest BCUT2D eigenvalue weighted by atomic mass is 79.9. The number of aromatic nitrogens is 4. The Balaban J connectivity index is 2.63. The van der Waals surface area contributed by atoms with Crippen LogP contribution >= 0.6 is 27.5 Å². The molecule has 72 valence electrons. The van der Waals surface area contributed by atoms with Gasteiger partial charge in [-0.2, -0.15) is 5.10 Å². The van der Waals surface area contributed by atoms with E-state index in [9.17, 15) is 4.79 Å². The van der Waals surface area contributed by atoms with Crippen molar-refractivity contribution in [1.29, 1.82) is 0 Å². The second-order valence-corrected chi connectivity index (χ2v) is 3.77. The topological polar surface area (TPSA) is 63.6 Å². The van der Waals surface area contributed by atoms with Gasteiger partial charge in [-0.1, -0.05) is 11.6 Å². The van der Waals surface area contributed by atoms with Gasteiger partial charge in [-0.05, 0) is 15.9 Å². The molecule has 0 saturated carbocycles. The second-order valence-electron chi connectivity index (χ2n) is 2.47. The molecular formula is C7H4BrClN4O. The Bertz CT molecular complexity index is 520. The predicted octanol–water partition coefficient (Wildman–Crippen LogP) is 1.37. The number of aromatic amines is 1. The summed E-state index contributed by atoms with van der Waals surface area (Å²) < 4.78 is 2.21. The molecule has 0 radical (unpaired) electrons. The van der Waals surface area contributed by atoms with Crippen LogP contribution in [0.1, 0.15) is 0 Å². The molecule has 0 unspecified atom stereocenters. The van der Waals surface area contributed by atoms with Gasteiger partial charge in [-0.25, -0.2) is 9.67 Å². The molecule has 0 spiro atoms. The standard InChI is InChI=1S/C7H4BrClN4O/c8-4-1-12-13(2-4)6-5(9)7(14)11-3-10-6/h1-3H,(H,10,11,14). The minimum absolute atomic E-state index is 0.0168. The normalized spacial score (nSPS) is 10.4. The third-order valence-corrected chi connectivity index (χ3v) is 2.30. The minimum atomic E-state index is -0.386. The quantitative estimate of drug-likeness (QED) is 0.855. The zero-order valence-corrected chi connectivity index (χ0v) is 9.08. The molecule has 0 saturated heterocycles. The molecule has 2 heterocycles. The van der Waals surface area contributed by atoms with Gasteiger partial charge >= 0.3 is 0 Å². The summed E-state index contributed by atoms with van der Waals surface area (Å²) in [4.78, 5) is 17.4. The summed E-state index contributed by atoms with van der Waals surface area (Å²) >= 11 is 8.99. The first-order valence-electron chi connectivity index (χ1n) is 3.62. The highest BCUT2D eigenvalue weighted by Crippen LogP contribution is 2.14. The van der Waals surface area contributed by atoms with E-state index in [2.05, 4.69) is 31.0 Å². The maximum absolute atomic E-state index is 11.1.